The van der Waals surface area contributed by atoms with E-state index in [1.165, 1.54) is 4.63 Å². The molecule has 0 spiro atoms. The van der Waals surface area contributed by atoms with Crippen molar-refractivity contribution in [2.75, 3.05) is 7.11 Å². The second kappa shape index (κ2) is 2.88. The van der Waals surface area contributed by atoms with E-state index < -0.39 is 0 Å². The van der Waals surface area contributed by atoms with Crippen molar-refractivity contribution in [3.8, 4) is 5.88 Å². The van der Waals surface area contributed by atoms with Crippen LogP contribution in [0.1, 0.15) is 0 Å². The van der Waals surface area contributed by atoms with E-state index >= 15 is 0 Å². The maximum Gasteiger partial charge on any atom is 0.241 e. The van der Waals surface area contributed by atoms with Gasteiger partial charge < -0.3 is 4.74 Å². The molecular weight excluding hydrogens is 194 g/mol. The van der Waals surface area contributed by atoms with Crippen LogP contribution in [0.3, 0.4) is 0 Å². The van der Waals surface area contributed by atoms with Gasteiger partial charge in [-0.15, -0.1) is 14.8 Å². The van der Waals surface area contributed by atoms with Crippen molar-refractivity contribution in [3.05, 3.63) is 24.3 Å². The first-order valence-electron chi connectivity index (χ1n) is 4.41. The number of benzene rings is 1. The van der Waals surface area contributed by atoms with Gasteiger partial charge in [-0.2, -0.15) is 0 Å². The van der Waals surface area contributed by atoms with Gasteiger partial charge in [-0.3, -0.25) is 0 Å². The van der Waals surface area contributed by atoms with Crippen LogP contribution in [0.5, 0.6) is 5.88 Å². The molecule has 0 N–H and O–H groups in total. The van der Waals surface area contributed by atoms with Crippen molar-refractivity contribution < 1.29 is 4.74 Å². The molecule has 0 fully saturated rings. The van der Waals surface area contributed by atoms with E-state index in [1.54, 1.807) is 7.11 Å². The van der Waals surface area contributed by atoms with Crippen LogP contribution in [0.4, 0.5) is 0 Å². The highest BCUT2D eigenvalue weighted by Gasteiger charge is 2.09. The summed E-state index contributed by atoms with van der Waals surface area (Å²) in [6, 6.07) is 7.71. The molecule has 1 aromatic carbocycles. The SMILES string of the molecule is COc1nn2nnnc2c2ccccc12. The molecule has 0 saturated carbocycles. The molecule has 0 bridgehead atoms. The number of rotatable bonds is 1. The molecule has 0 aliphatic carbocycles. The zero-order valence-electron chi connectivity index (χ0n) is 7.95. The van der Waals surface area contributed by atoms with E-state index in [2.05, 4.69) is 20.6 Å². The number of hydrogen-bond donors (Lipinski definition) is 0. The summed E-state index contributed by atoms with van der Waals surface area (Å²) in [7, 11) is 1.57. The summed E-state index contributed by atoms with van der Waals surface area (Å²) in [5, 5.41) is 17.2. The summed E-state index contributed by atoms with van der Waals surface area (Å²) in [5.41, 5.74) is 0.631. The number of ether oxygens (including phenoxy) is 1. The van der Waals surface area contributed by atoms with Gasteiger partial charge in [0.25, 0.3) is 0 Å². The standard InChI is InChI=1S/C9H7N5O/c1-15-9-7-5-3-2-4-6(7)8-10-12-13-14(8)11-9/h2-5H,1H3. The lowest BCUT2D eigenvalue weighted by Gasteiger charge is -2.03. The fourth-order valence-corrected chi connectivity index (χ4v) is 1.57. The molecule has 0 atom stereocenters. The molecule has 6 heteroatoms. The Hall–Kier alpha value is -2.24. The van der Waals surface area contributed by atoms with Gasteiger partial charge in [-0.05, 0) is 16.5 Å². The second-order valence-electron chi connectivity index (χ2n) is 3.05. The maximum absolute atomic E-state index is 5.18. The highest BCUT2D eigenvalue weighted by molar-refractivity contribution is 5.96. The van der Waals surface area contributed by atoms with Gasteiger partial charge in [-0.1, -0.05) is 18.2 Å². The van der Waals surface area contributed by atoms with Crippen LogP contribution in [-0.4, -0.2) is 32.4 Å². The molecule has 0 aliphatic rings. The monoisotopic (exact) mass is 201 g/mol. The Balaban J connectivity index is 2.58. The van der Waals surface area contributed by atoms with Crippen LogP contribution < -0.4 is 4.74 Å². The van der Waals surface area contributed by atoms with Crippen LogP contribution >= 0.6 is 0 Å². The molecule has 15 heavy (non-hydrogen) atoms. The third-order valence-electron chi connectivity index (χ3n) is 2.23. The minimum Gasteiger partial charge on any atom is -0.479 e. The van der Waals surface area contributed by atoms with Crippen molar-refractivity contribution in [1.82, 2.24) is 25.3 Å². The molecule has 0 amide bonds. The number of tetrazole rings is 1. The highest BCUT2D eigenvalue weighted by Crippen LogP contribution is 2.24. The number of methoxy groups -OCH3 is 1. The number of nitrogens with zero attached hydrogens (tertiary/aromatic N) is 5. The minimum atomic E-state index is 0.519. The van der Waals surface area contributed by atoms with Crippen molar-refractivity contribution in [3.63, 3.8) is 0 Å². The molecule has 6 nitrogen and oxygen atoms in total. The van der Waals surface area contributed by atoms with E-state index in [0.29, 0.717) is 11.5 Å². The van der Waals surface area contributed by atoms with E-state index in [9.17, 15) is 0 Å². The topological polar surface area (TPSA) is 65.2 Å². The molecule has 74 valence electrons. The maximum atomic E-state index is 5.18. The van der Waals surface area contributed by atoms with Gasteiger partial charge in [0.05, 0.1) is 7.11 Å². The number of fused-ring (bicyclic) bond motifs is 3. The third-order valence-corrected chi connectivity index (χ3v) is 2.23. The minimum absolute atomic E-state index is 0.519. The average molecular weight is 201 g/mol. The van der Waals surface area contributed by atoms with Gasteiger partial charge in [0.1, 0.15) is 0 Å². The Morgan fingerprint density at radius 3 is 2.80 bits per heavy atom. The molecule has 3 rings (SSSR count). The van der Waals surface area contributed by atoms with Crippen molar-refractivity contribution in [1.29, 1.82) is 0 Å². The molecule has 0 radical (unpaired) electrons. The zero-order chi connectivity index (χ0) is 10.3. The predicted octanol–water partition coefficient (Wildman–Crippen LogP) is 0.681. The van der Waals surface area contributed by atoms with Crippen LogP contribution in [0, 0.1) is 0 Å². The van der Waals surface area contributed by atoms with Crippen molar-refractivity contribution in [2.24, 2.45) is 0 Å². The Morgan fingerprint density at radius 2 is 2.00 bits per heavy atom. The van der Waals surface area contributed by atoms with Crippen LogP contribution in [0.2, 0.25) is 0 Å². The largest absolute Gasteiger partial charge is 0.479 e. The van der Waals surface area contributed by atoms with Crippen molar-refractivity contribution in [2.45, 2.75) is 0 Å². The van der Waals surface area contributed by atoms with E-state index in [1.807, 2.05) is 24.3 Å². The smallest absolute Gasteiger partial charge is 0.241 e. The summed E-state index contributed by atoms with van der Waals surface area (Å²) >= 11 is 0. The first-order chi connectivity index (χ1) is 7.40. The third kappa shape index (κ3) is 1.04. The lowest BCUT2D eigenvalue weighted by Crippen LogP contribution is -1.99. The lowest BCUT2D eigenvalue weighted by molar-refractivity contribution is 0.392. The summed E-state index contributed by atoms with van der Waals surface area (Å²) in [5.74, 6) is 0.519. The fraction of sp³-hybridized carbons (Fsp3) is 0.111. The summed E-state index contributed by atoms with van der Waals surface area (Å²) < 4.78 is 6.54. The first kappa shape index (κ1) is 8.10. The van der Waals surface area contributed by atoms with Gasteiger partial charge in [0.15, 0.2) is 0 Å². The summed E-state index contributed by atoms with van der Waals surface area (Å²) in [6.07, 6.45) is 0. The Bertz CT molecular complexity index is 633. The average Bonchev–Trinajstić information content (AvgIpc) is 2.76. The number of aromatic nitrogens is 5. The van der Waals surface area contributed by atoms with Crippen LogP contribution in [-0.2, 0) is 0 Å². The van der Waals surface area contributed by atoms with Crippen LogP contribution in [0.15, 0.2) is 24.3 Å². The molecule has 2 heterocycles. The normalized spacial score (nSPS) is 11.0. The molecule has 0 unspecified atom stereocenters. The number of hydrogen-bond acceptors (Lipinski definition) is 5. The predicted molar refractivity (Wildman–Crippen MR) is 52.6 cm³/mol. The summed E-state index contributed by atoms with van der Waals surface area (Å²) in [6.45, 7) is 0. The lowest BCUT2D eigenvalue weighted by atomic mass is 10.2. The fourth-order valence-electron chi connectivity index (χ4n) is 1.57. The Morgan fingerprint density at radius 1 is 1.20 bits per heavy atom. The molecule has 2 aromatic heterocycles. The summed E-state index contributed by atoms with van der Waals surface area (Å²) in [4.78, 5) is 0. The van der Waals surface area contributed by atoms with Gasteiger partial charge in [0, 0.05) is 10.8 Å². The van der Waals surface area contributed by atoms with Gasteiger partial charge >= 0.3 is 0 Å². The Labute approximate surface area is 84.5 Å². The molecular formula is C9H7N5O. The van der Waals surface area contributed by atoms with E-state index in [0.717, 1.165) is 10.8 Å². The quantitative estimate of drug-likeness (QED) is 0.579. The van der Waals surface area contributed by atoms with E-state index in [-0.39, 0.29) is 0 Å². The van der Waals surface area contributed by atoms with Crippen LogP contribution in [0.25, 0.3) is 16.4 Å². The van der Waals surface area contributed by atoms with Gasteiger partial charge in [-0.25, -0.2) is 0 Å². The highest BCUT2D eigenvalue weighted by atomic mass is 16.5. The van der Waals surface area contributed by atoms with Gasteiger partial charge in [0.2, 0.25) is 11.5 Å². The first-order valence-corrected chi connectivity index (χ1v) is 4.41. The van der Waals surface area contributed by atoms with Crippen molar-refractivity contribution >= 4 is 16.4 Å². The second-order valence-corrected chi connectivity index (χ2v) is 3.05. The molecule has 0 aliphatic heterocycles. The zero-order valence-corrected chi connectivity index (χ0v) is 7.95. The molecule has 3 aromatic rings. The molecule has 0 saturated heterocycles. The van der Waals surface area contributed by atoms with E-state index in [4.69, 9.17) is 4.74 Å². The Kier molecular flexibility index (Phi) is 1.55.